The van der Waals surface area contributed by atoms with Gasteiger partial charge in [0, 0.05) is 69.8 Å². The van der Waals surface area contributed by atoms with Crippen LogP contribution < -0.4 is 26.4 Å². The normalized spacial score (nSPS) is 16.9. The van der Waals surface area contributed by atoms with Gasteiger partial charge in [0.05, 0.1) is 41.0 Å². The van der Waals surface area contributed by atoms with Crippen LogP contribution in [0.1, 0.15) is 58.0 Å². The Bertz CT molecular complexity index is 2990. The van der Waals surface area contributed by atoms with Crippen LogP contribution in [-0.4, -0.2) is 144 Å². The number of hydrogen-bond acceptors (Lipinski definition) is 16. The van der Waals surface area contributed by atoms with Gasteiger partial charge in [-0.1, -0.05) is 57.2 Å². The average molecular weight is 1030 g/mol. The lowest BCUT2D eigenvalue weighted by Crippen LogP contribution is -2.58. The number of carbonyl (C=O) groups is 3. The number of amides is 3. The Hall–Kier alpha value is -6.88. The van der Waals surface area contributed by atoms with Crippen LogP contribution in [0.2, 0.25) is 0 Å². The molecular formula is C53H66N12O8S. The van der Waals surface area contributed by atoms with Crippen molar-refractivity contribution in [2.24, 2.45) is 5.41 Å². The molecule has 4 aromatic heterocycles. The van der Waals surface area contributed by atoms with Crippen molar-refractivity contribution in [1.29, 1.82) is 0 Å². The third kappa shape index (κ3) is 12.7. The maximum atomic E-state index is 14.0. The SMILES string of the molecule is C=CCn1c(=O)c2cnc(Nc3ccc(N4CCN(CCOCOCC(=O)NC(C(=O)N5CC(O)CC5C(=O)NCc5ccc(-c6scnc6C)cc5)C(C)(C)C)CC4)cc3)nc2n1-c1cccc(C(C)(C)O)n1. The van der Waals surface area contributed by atoms with Gasteiger partial charge in [-0.15, -0.1) is 17.9 Å². The lowest BCUT2D eigenvalue weighted by molar-refractivity contribution is -0.145. The zero-order valence-electron chi connectivity index (χ0n) is 42.8. The zero-order chi connectivity index (χ0) is 52.7. The summed E-state index contributed by atoms with van der Waals surface area (Å²) in [6.07, 6.45) is 2.33. The Morgan fingerprint density at radius 3 is 2.38 bits per heavy atom. The van der Waals surface area contributed by atoms with E-state index in [1.807, 2.05) is 81.7 Å². The zero-order valence-corrected chi connectivity index (χ0v) is 43.6. The Balaban J connectivity index is 0.756. The van der Waals surface area contributed by atoms with Crippen molar-refractivity contribution in [3.8, 4) is 16.3 Å². The van der Waals surface area contributed by atoms with E-state index in [-0.39, 0.29) is 50.9 Å². The molecule has 0 spiro atoms. The van der Waals surface area contributed by atoms with Crippen LogP contribution in [0.3, 0.4) is 0 Å². The summed E-state index contributed by atoms with van der Waals surface area (Å²) in [7, 11) is 0. The number of aliphatic hydroxyl groups excluding tert-OH is 1. The van der Waals surface area contributed by atoms with Crippen molar-refractivity contribution in [3.05, 3.63) is 118 Å². The third-order valence-corrected chi connectivity index (χ3v) is 14.1. The highest BCUT2D eigenvalue weighted by Crippen LogP contribution is 2.29. The van der Waals surface area contributed by atoms with Gasteiger partial charge >= 0.3 is 0 Å². The lowest BCUT2D eigenvalue weighted by Gasteiger charge is -2.36. The summed E-state index contributed by atoms with van der Waals surface area (Å²) in [4.78, 5) is 79.3. The van der Waals surface area contributed by atoms with Crippen LogP contribution in [0.5, 0.6) is 0 Å². The average Bonchev–Trinajstić information content (AvgIpc) is 4.07. The number of fused-ring (bicyclic) bond motifs is 1. The molecule has 21 heteroatoms. The first-order valence-corrected chi connectivity index (χ1v) is 25.6. The first kappa shape index (κ1) is 53.4. The van der Waals surface area contributed by atoms with Gasteiger partial charge in [-0.05, 0) is 73.7 Å². The molecule has 3 amide bonds. The molecule has 0 radical (unpaired) electrons. The monoisotopic (exact) mass is 1030 g/mol. The molecule has 3 unspecified atom stereocenters. The molecule has 20 nitrogen and oxygen atoms in total. The van der Waals surface area contributed by atoms with E-state index < -0.39 is 41.0 Å². The molecule has 2 fully saturated rings. The van der Waals surface area contributed by atoms with Crippen molar-refractivity contribution in [1.82, 2.24) is 49.7 Å². The number of aryl methyl sites for hydroxylation is 1. The van der Waals surface area contributed by atoms with Gasteiger partial charge in [0.2, 0.25) is 23.7 Å². The molecule has 6 heterocycles. The molecular weight excluding hydrogens is 965 g/mol. The first-order chi connectivity index (χ1) is 35.4. The fraction of sp³-hybridized carbons (Fsp3) is 0.434. The summed E-state index contributed by atoms with van der Waals surface area (Å²) in [6.45, 7) is 18.9. The number of piperazine rings is 1. The molecule has 0 saturated carbocycles. The van der Waals surface area contributed by atoms with Crippen LogP contribution >= 0.6 is 11.3 Å². The second-order valence-corrected chi connectivity index (χ2v) is 21.0. The van der Waals surface area contributed by atoms with Crippen LogP contribution in [0.4, 0.5) is 17.3 Å². The van der Waals surface area contributed by atoms with E-state index in [1.54, 1.807) is 54.1 Å². The number of aromatic nitrogens is 6. The summed E-state index contributed by atoms with van der Waals surface area (Å²) in [5.74, 6) is -0.602. The number of pyridine rings is 1. The minimum atomic E-state index is -1.19. The van der Waals surface area contributed by atoms with Crippen molar-refractivity contribution < 1.29 is 34.1 Å². The maximum Gasteiger partial charge on any atom is 0.278 e. The number of thiazole rings is 1. The minimum Gasteiger partial charge on any atom is -0.391 e. The lowest BCUT2D eigenvalue weighted by atomic mass is 9.85. The van der Waals surface area contributed by atoms with E-state index in [0.29, 0.717) is 41.6 Å². The topological polar surface area (TPSA) is 234 Å². The van der Waals surface area contributed by atoms with Gasteiger partial charge in [-0.2, -0.15) is 4.98 Å². The van der Waals surface area contributed by atoms with Crippen LogP contribution in [0.25, 0.3) is 27.3 Å². The Kier molecular flexibility index (Phi) is 16.7. The molecule has 6 aromatic rings. The first-order valence-electron chi connectivity index (χ1n) is 24.7. The quantitative estimate of drug-likeness (QED) is 0.0403. The van der Waals surface area contributed by atoms with Crippen LogP contribution in [0, 0.1) is 12.3 Å². The van der Waals surface area contributed by atoms with Gasteiger partial charge in [0.1, 0.15) is 36.5 Å². The second-order valence-electron chi connectivity index (χ2n) is 20.2. The maximum absolute atomic E-state index is 14.0. The van der Waals surface area contributed by atoms with Gasteiger partial charge in [-0.25, -0.2) is 24.3 Å². The van der Waals surface area contributed by atoms with Gasteiger partial charge < -0.3 is 45.4 Å². The third-order valence-electron chi connectivity index (χ3n) is 13.1. The number of anilines is 3. The molecule has 0 bridgehead atoms. The Labute approximate surface area is 434 Å². The van der Waals surface area contributed by atoms with Crippen molar-refractivity contribution in [2.75, 3.05) is 69.5 Å². The molecule has 2 saturated heterocycles. The summed E-state index contributed by atoms with van der Waals surface area (Å²) < 4.78 is 14.4. The van der Waals surface area contributed by atoms with E-state index in [0.717, 1.165) is 59.3 Å². The predicted octanol–water partition coefficient (Wildman–Crippen LogP) is 4.49. The number of aliphatic hydroxyl groups is 2. The highest BCUT2D eigenvalue weighted by molar-refractivity contribution is 7.13. The van der Waals surface area contributed by atoms with Crippen molar-refractivity contribution >= 4 is 57.4 Å². The molecule has 2 aliphatic heterocycles. The molecule has 5 N–H and O–H groups in total. The molecule has 2 aliphatic rings. The number of β-amino-alcohol motifs (C(OH)–C–C–N with tert-alkyl or cyclic N) is 1. The van der Waals surface area contributed by atoms with E-state index in [9.17, 15) is 29.4 Å². The van der Waals surface area contributed by atoms with E-state index in [2.05, 4.69) is 47.3 Å². The van der Waals surface area contributed by atoms with Crippen molar-refractivity contribution in [3.63, 3.8) is 0 Å². The number of ether oxygens (including phenoxy) is 2. The predicted molar refractivity (Wildman–Crippen MR) is 283 cm³/mol. The number of likely N-dealkylation sites (tertiary alicyclic amines) is 1. The molecule has 3 atom stereocenters. The largest absolute Gasteiger partial charge is 0.391 e. The molecule has 2 aromatic carbocycles. The highest BCUT2D eigenvalue weighted by atomic mass is 32.1. The smallest absolute Gasteiger partial charge is 0.278 e. The second kappa shape index (κ2) is 23.1. The Morgan fingerprint density at radius 2 is 1.70 bits per heavy atom. The number of nitrogens with zero attached hydrogens (tertiary/aromatic N) is 9. The number of nitrogens with one attached hydrogen (secondary N) is 3. The summed E-state index contributed by atoms with van der Waals surface area (Å²) in [6, 6.07) is 19.2. The fourth-order valence-corrected chi connectivity index (χ4v) is 9.85. The minimum absolute atomic E-state index is 0.0230. The van der Waals surface area contributed by atoms with Gasteiger partial charge in [-0.3, -0.25) is 24.1 Å². The van der Waals surface area contributed by atoms with Crippen LogP contribution in [-0.2, 0) is 42.5 Å². The molecule has 74 heavy (non-hydrogen) atoms. The van der Waals surface area contributed by atoms with E-state index in [1.165, 1.54) is 15.8 Å². The number of rotatable bonds is 20. The Morgan fingerprint density at radius 1 is 0.959 bits per heavy atom. The van der Waals surface area contributed by atoms with Crippen LogP contribution in [0.15, 0.2) is 95.9 Å². The van der Waals surface area contributed by atoms with E-state index in [4.69, 9.17) is 14.5 Å². The standard InChI is InChI=1S/C53H66N12O8S/c1-8-20-64-49(69)40-29-55-51(60-47(40)65(64)43-11-9-10-42(58-43)53(6,7)71)57-37-16-18-38(19-17-37)62-23-21-61(22-24-62)25-26-72-33-73-31-44(67)59-46(52(3,4)5)50(70)63-30-39(66)27-41(63)48(68)54-28-35-12-14-36(15-13-35)45-34(2)56-32-74-45/h8-19,29,32,39,41,46,66,71H,1,20-28,30-31,33H2,2-7H3,(H,54,68)(H,59,67)(H,55,57,60). The number of carbonyl (C=O) groups excluding carboxylic acids is 3. The number of hydrogen-bond donors (Lipinski definition) is 5. The van der Waals surface area contributed by atoms with Gasteiger partial charge in [0.25, 0.3) is 5.56 Å². The highest BCUT2D eigenvalue weighted by Gasteiger charge is 2.44. The van der Waals surface area contributed by atoms with E-state index >= 15 is 0 Å². The summed E-state index contributed by atoms with van der Waals surface area (Å²) in [5.41, 5.74) is 5.16. The van der Waals surface area contributed by atoms with Crippen molar-refractivity contribution in [2.45, 2.75) is 84.8 Å². The van der Waals surface area contributed by atoms with Gasteiger partial charge in [0.15, 0.2) is 11.5 Å². The fourth-order valence-electron chi connectivity index (χ4n) is 9.03. The summed E-state index contributed by atoms with van der Waals surface area (Å²) in [5, 5.41) is 30.6. The number of benzene rings is 2. The molecule has 8 rings (SSSR count). The summed E-state index contributed by atoms with van der Waals surface area (Å²) >= 11 is 1.57. The molecule has 392 valence electrons. The number of allylic oxidation sites excluding steroid dienone is 1. The molecule has 0 aliphatic carbocycles.